The van der Waals surface area contributed by atoms with Crippen LogP contribution in [0.1, 0.15) is 0 Å². The molecule has 2 N–H and O–H groups in total. The summed E-state index contributed by atoms with van der Waals surface area (Å²) >= 11 is 1.24. The zero-order valence-electron chi connectivity index (χ0n) is 9.15. The number of para-hydroxylation sites is 1. The lowest BCUT2D eigenvalue weighted by Crippen LogP contribution is -2.31. The molecule has 0 radical (unpaired) electrons. The van der Waals surface area contributed by atoms with Gasteiger partial charge in [-0.15, -0.1) is 11.3 Å². The van der Waals surface area contributed by atoms with Crippen LogP contribution in [0.2, 0.25) is 0 Å². The Morgan fingerprint density at radius 3 is 2.83 bits per heavy atom. The second-order valence-electron chi connectivity index (χ2n) is 3.11. The predicted octanol–water partition coefficient (Wildman–Crippen LogP) is 1.75. The maximum absolute atomic E-state index is 11.3. The number of hydrogen-bond acceptors (Lipinski definition) is 6. The Morgan fingerprint density at radius 2 is 2.17 bits per heavy atom. The van der Waals surface area contributed by atoms with E-state index in [0.717, 1.165) is 0 Å². The van der Waals surface area contributed by atoms with Gasteiger partial charge in [0.15, 0.2) is 5.13 Å². The molecule has 0 fully saturated rings. The molecule has 0 saturated carbocycles. The number of nitrogens with zero attached hydrogens (tertiary/aromatic N) is 1. The number of thiazole rings is 1. The molecule has 92 valence electrons. The average molecular weight is 264 g/mol. The summed E-state index contributed by atoms with van der Waals surface area (Å²) in [7, 11) is -1.67. The number of amides is 1. The first-order valence-electron chi connectivity index (χ1n) is 5.01. The molecule has 1 amide bonds. The molecule has 18 heavy (non-hydrogen) atoms. The smallest absolute Gasteiger partial charge is 0.501 e. The normalized spacial score (nSPS) is 9.61. The molecule has 6 nitrogen and oxygen atoms in total. The number of benzene rings is 1. The van der Waals surface area contributed by atoms with Crippen molar-refractivity contribution in [3.63, 3.8) is 0 Å². The Labute approximate surface area is 107 Å². The van der Waals surface area contributed by atoms with Crippen LogP contribution in [0.4, 0.5) is 9.93 Å². The summed E-state index contributed by atoms with van der Waals surface area (Å²) in [6.07, 6.45) is 0.699. The van der Waals surface area contributed by atoms with Gasteiger partial charge in [0, 0.05) is 11.6 Å². The number of carbonyl (C=O) groups is 1. The van der Waals surface area contributed by atoms with E-state index in [4.69, 9.17) is 4.65 Å². The van der Waals surface area contributed by atoms with Crippen molar-refractivity contribution in [1.82, 2.24) is 4.98 Å². The van der Waals surface area contributed by atoms with Gasteiger partial charge in [-0.2, -0.15) is 0 Å². The summed E-state index contributed by atoms with van der Waals surface area (Å²) in [6.45, 7) is 0. The zero-order chi connectivity index (χ0) is 12.8. The highest BCUT2D eigenvalue weighted by Crippen LogP contribution is 2.12. The first kappa shape index (κ1) is 12.4. The van der Waals surface area contributed by atoms with Crippen LogP contribution in [0.3, 0.4) is 0 Å². The molecule has 1 heterocycles. The van der Waals surface area contributed by atoms with Crippen molar-refractivity contribution in [3.05, 3.63) is 41.9 Å². The molecule has 0 aliphatic carbocycles. The van der Waals surface area contributed by atoms with Crippen LogP contribution in [-0.2, 0) is 4.65 Å². The standard InChI is InChI=1S/C10H9BN2O4S/c14-10(13-9-12-6-7-18-9)17-11(15)16-8-4-2-1-3-5-8/h1-7,15H,(H,12,13,14). The lowest BCUT2D eigenvalue weighted by atomic mass is 10.2. The molecule has 0 atom stereocenters. The molecule has 0 aliphatic rings. The van der Waals surface area contributed by atoms with E-state index in [1.54, 1.807) is 35.7 Å². The van der Waals surface area contributed by atoms with E-state index >= 15 is 0 Å². The highest BCUT2D eigenvalue weighted by Gasteiger charge is 2.24. The third kappa shape index (κ3) is 3.76. The van der Waals surface area contributed by atoms with Gasteiger partial charge >= 0.3 is 13.4 Å². The molecule has 8 heteroatoms. The van der Waals surface area contributed by atoms with E-state index in [1.807, 2.05) is 0 Å². The van der Waals surface area contributed by atoms with Crippen LogP contribution >= 0.6 is 11.3 Å². The zero-order valence-corrected chi connectivity index (χ0v) is 9.96. The first-order chi connectivity index (χ1) is 8.74. The molecule has 0 spiro atoms. The van der Waals surface area contributed by atoms with Gasteiger partial charge in [0.05, 0.1) is 0 Å². The summed E-state index contributed by atoms with van der Waals surface area (Å²) < 4.78 is 9.54. The number of carbonyl (C=O) groups excluding carboxylic acids is 1. The van der Waals surface area contributed by atoms with Gasteiger partial charge in [-0.25, -0.2) is 9.78 Å². The van der Waals surface area contributed by atoms with Gasteiger partial charge in [0.2, 0.25) is 0 Å². The van der Waals surface area contributed by atoms with Gasteiger partial charge in [-0.3, -0.25) is 5.32 Å². The van der Waals surface area contributed by atoms with Crippen molar-refractivity contribution in [1.29, 1.82) is 0 Å². The maximum Gasteiger partial charge on any atom is 0.788 e. The lowest BCUT2D eigenvalue weighted by Gasteiger charge is -2.09. The number of hydrogen-bond donors (Lipinski definition) is 2. The second-order valence-corrected chi connectivity index (χ2v) is 4.00. The number of rotatable bonds is 4. The topological polar surface area (TPSA) is 80.7 Å². The van der Waals surface area contributed by atoms with Crippen LogP contribution in [0, 0.1) is 0 Å². The van der Waals surface area contributed by atoms with Gasteiger partial charge in [0.1, 0.15) is 5.75 Å². The largest absolute Gasteiger partial charge is 0.788 e. The first-order valence-corrected chi connectivity index (χ1v) is 5.89. The monoisotopic (exact) mass is 264 g/mol. The van der Waals surface area contributed by atoms with Gasteiger partial charge < -0.3 is 14.3 Å². The molecular formula is C10H9BN2O4S. The van der Waals surface area contributed by atoms with Crippen molar-refractivity contribution in [3.8, 4) is 5.75 Å². The Morgan fingerprint density at radius 1 is 1.39 bits per heavy atom. The highest BCUT2D eigenvalue weighted by atomic mass is 32.1. The van der Waals surface area contributed by atoms with E-state index in [2.05, 4.69) is 15.0 Å². The minimum absolute atomic E-state index is 0.381. The van der Waals surface area contributed by atoms with E-state index < -0.39 is 13.4 Å². The Bertz CT molecular complexity index is 494. The second kappa shape index (κ2) is 6.03. The van der Waals surface area contributed by atoms with Gasteiger partial charge in [-0.1, -0.05) is 18.2 Å². The van der Waals surface area contributed by atoms with Crippen LogP contribution in [0.15, 0.2) is 41.9 Å². The Hall–Kier alpha value is -2.06. The predicted molar refractivity (Wildman–Crippen MR) is 67.3 cm³/mol. The summed E-state index contributed by atoms with van der Waals surface area (Å²) in [6, 6.07) is 8.53. The van der Waals surface area contributed by atoms with E-state index in [9.17, 15) is 9.82 Å². The molecule has 0 aliphatic heterocycles. The summed E-state index contributed by atoms with van der Waals surface area (Å²) in [5.74, 6) is 0.395. The molecule has 1 aromatic heterocycles. The van der Waals surface area contributed by atoms with Gasteiger partial charge in [-0.05, 0) is 12.1 Å². The van der Waals surface area contributed by atoms with Crippen molar-refractivity contribution in [2.45, 2.75) is 0 Å². The number of nitrogens with one attached hydrogen (secondary N) is 1. The van der Waals surface area contributed by atoms with Gasteiger partial charge in [0.25, 0.3) is 0 Å². The fraction of sp³-hybridized carbons (Fsp3) is 0. The molecule has 0 saturated heterocycles. The fourth-order valence-corrected chi connectivity index (χ4v) is 1.65. The maximum atomic E-state index is 11.3. The quantitative estimate of drug-likeness (QED) is 0.822. The van der Waals surface area contributed by atoms with Crippen LogP contribution in [-0.4, -0.2) is 23.4 Å². The van der Waals surface area contributed by atoms with Crippen LogP contribution in [0.5, 0.6) is 5.75 Å². The summed E-state index contributed by atoms with van der Waals surface area (Å²) in [4.78, 5) is 15.1. The SMILES string of the molecule is O=C(Nc1nccs1)OB(O)Oc1ccccc1. The van der Waals surface area contributed by atoms with Crippen molar-refractivity contribution in [2.24, 2.45) is 0 Å². The average Bonchev–Trinajstić information content (AvgIpc) is 2.82. The Kier molecular flexibility index (Phi) is 4.16. The van der Waals surface area contributed by atoms with Crippen molar-refractivity contribution >= 4 is 29.9 Å². The molecule has 2 aromatic rings. The summed E-state index contributed by atoms with van der Waals surface area (Å²) in [5.41, 5.74) is 0. The molecule has 1 aromatic carbocycles. The van der Waals surface area contributed by atoms with Crippen LogP contribution in [0.25, 0.3) is 0 Å². The third-order valence-electron chi connectivity index (χ3n) is 1.83. The van der Waals surface area contributed by atoms with E-state index in [1.165, 1.54) is 17.5 Å². The number of anilines is 1. The molecule has 2 rings (SSSR count). The van der Waals surface area contributed by atoms with Crippen molar-refractivity contribution in [2.75, 3.05) is 5.32 Å². The molecule has 0 unspecified atom stereocenters. The lowest BCUT2D eigenvalue weighted by molar-refractivity contribution is 0.187. The molecule has 0 bridgehead atoms. The Balaban J connectivity index is 1.80. The van der Waals surface area contributed by atoms with Crippen LogP contribution < -0.4 is 9.97 Å². The van der Waals surface area contributed by atoms with E-state index in [-0.39, 0.29) is 0 Å². The number of aromatic nitrogens is 1. The minimum Gasteiger partial charge on any atom is -0.501 e. The highest BCUT2D eigenvalue weighted by molar-refractivity contribution is 7.13. The minimum atomic E-state index is -1.67. The summed E-state index contributed by atoms with van der Waals surface area (Å²) in [5, 5.41) is 13.8. The van der Waals surface area contributed by atoms with E-state index in [0.29, 0.717) is 10.9 Å². The molecular weight excluding hydrogens is 255 g/mol. The third-order valence-corrected chi connectivity index (χ3v) is 2.52. The fourth-order valence-electron chi connectivity index (χ4n) is 1.13. The van der Waals surface area contributed by atoms with Crippen molar-refractivity contribution < 1.29 is 19.1 Å².